The minimum atomic E-state index is 0.122. The summed E-state index contributed by atoms with van der Waals surface area (Å²) in [5.41, 5.74) is 2.29. The highest BCUT2D eigenvalue weighted by Gasteiger charge is 2.55. The molecule has 1 saturated carbocycles. The van der Waals surface area contributed by atoms with E-state index < -0.39 is 0 Å². The Morgan fingerprint density at radius 1 is 1.29 bits per heavy atom. The van der Waals surface area contributed by atoms with E-state index in [0.29, 0.717) is 17.8 Å². The number of fused-ring (bicyclic) bond motifs is 3. The molecule has 1 fully saturated rings. The van der Waals surface area contributed by atoms with Crippen LogP contribution in [0.25, 0.3) is 0 Å². The van der Waals surface area contributed by atoms with Crippen LogP contribution in [0.5, 0.6) is 0 Å². The highest BCUT2D eigenvalue weighted by atomic mass is 16.1. The standard InChI is InChI=1S/C20H23N3O/c1-4-8-15-16-12-23(11-14-9-6-5-7-10-14)19-18(17(15)16)20(24)22(3)13(2)21-19/h4-10,15-17H,11-12H2,1-3H3/b8-4+/t15-,16+,17-/m1/s1. The van der Waals surface area contributed by atoms with Crippen molar-refractivity contribution in [3.63, 3.8) is 0 Å². The normalized spacial score (nSPS) is 24.8. The molecule has 1 aromatic heterocycles. The van der Waals surface area contributed by atoms with Crippen molar-refractivity contribution < 1.29 is 0 Å². The van der Waals surface area contributed by atoms with Crippen LogP contribution in [-0.4, -0.2) is 16.1 Å². The largest absolute Gasteiger partial charge is 0.352 e. The highest BCUT2D eigenvalue weighted by molar-refractivity contribution is 5.56. The second-order valence-corrected chi connectivity index (χ2v) is 6.92. The average molecular weight is 321 g/mol. The van der Waals surface area contributed by atoms with Crippen molar-refractivity contribution in [1.29, 1.82) is 0 Å². The lowest BCUT2D eigenvalue weighted by Crippen LogP contribution is -2.36. The van der Waals surface area contributed by atoms with Crippen LogP contribution in [0.1, 0.15) is 29.8 Å². The van der Waals surface area contributed by atoms with E-state index in [2.05, 4.69) is 48.2 Å². The number of hydrogen-bond acceptors (Lipinski definition) is 3. The van der Waals surface area contributed by atoms with Crippen molar-refractivity contribution in [1.82, 2.24) is 9.55 Å². The van der Waals surface area contributed by atoms with Crippen molar-refractivity contribution in [2.45, 2.75) is 26.3 Å². The third-order valence-corrected chi connectivity index (χ3v) is 5.45. The number of nitrogens with zero attached hydrogens (tertiary/aromatic N) is 3. The Labute approximate surface area is 142 Å². The first-order chi connectivity index (χ1) is 11.6. The Morgan fingerprint density at radius 3 is 2.75 bits per heavy atom. The predicted molar refractivity (Wildman–Crippen MR) is 96.2 cm³/mol. The van der Waals surface area contributed by atoms with Crippen LogP contribution in [0.4, 0.5) is 5.82 Å². The van der Waals surface area contributed by atoms with Gasteiger partial charge in [0.25, 0.3) is 5.56 Å². The van der Waals surface area contributed by atoms with Gasteiger partial charge < -0.3 is 4.90 Å². The topological polar surface area (TPSA) is 38.1 Å². The minimum absolute atomic E-state index is 0.122. The molecule has 2 heterocycles. The van der Waals surface area contributed by atoms with Crippen molar-refractivity contribution in [3.05, 3.63) is 69.8 Å². The molecule has 124 valence electrons. The first-order valence-electron chi connectivity index (χ1n) is 8.61. The molecule has 1 aromatic carbocycles. The van der Waals surface area contributed by atoms with Crippen LogP contribution in [0.2, 0.25) is 0 Å². The summed E-state index contributed by atoms with van der Waals surface area (Å²) in [4.78, 5) is 20.0. The molecule has 4 heteroatoms. The monoisotopic (exact) mass is 321 g/mol. The van der Waals surface area contributed by atoms with Gasteiger partial charge in [0.1, 0.15) is 11.6 Å². The maximum absolute atomic E-state index is 12.9. The Hall–Kier alpha value is -2.36. The number of rotatable bonds is 3. The molecule has 1 aliphatic carbocycles. The van der Waals surface area contributed by atoms with Gasteiger partial charge in [-0.25, -0.2) is 4.98 Å². The van der Waals surface area contributed by atoms with E-state index in [9.17, 15) is 4.79 Å². The molecule has 0 N–H and O–H groups in total. The molecule has 24 heavy (non-hydrogen) atoms. The van der Waals surface area contributed by atoms with E-state index >= 15 is 0 Å². The fourth-order valence-electron chi connectivity index (χ4n) is 4.06. The summed E-state index contributed by atoms with van der Waals surface area (Å²) in [5.74, 6) is 3.03. The quantitative estimate of drug-likeness (QED) is 0.816. The van der Waals surface area contributed by atoms with Gasteiger partial charge in [-0.3, -0.25) is 9.36 Å². The third kappa shape index (κ3) is 2.29. The van der Waals surface area contributed by atoms with Gasteiger partial charge in [-0.2, -0.15) is 0 Å². The molecule has 0 unspecified atom stereocenters. The fourth-order valence-corrected chi connectivity index (χ4v) is 4.06. The zero-order chi connectivity index (χ0) is 16.8. The van der Waals surface area contributed by atoms with Crippen LogP contribution in [0.3, 0.4) is 0 Å². The molecule has 2 aromatic rings. The zero-order valence-electron chi connectivity index (χ0n) is 14.4. The van der Waals surface area contributed by atoms with Crippen LogP contribution in [0, 0.1) is 18.8 Å². The second kappa shape index (κ2) is 5.62. The van der Waals surface area contributed by atoms with Crippen molar-refractivity contribution in [2.24, 2.45) is 18.9 Å². The molecule has 3 atom stereocenters. The Bertz CT molecular complexity index is 853. The Balaban J connectivity index is 1.79. The number of allylic oxidation sites excluding steroid dienone is 2. The first-order valence-corrected chi connectivity index (χ1v) is 8.61. The Kier molecular flexibility index (Phi) is 3.56. The predicted octanol–water partition coefficient (Wildman–Crippen LogP) is 3.01. The van der Waals surface area contributed by atoms with Crippen molar-refractivity contribution in [3.8, 4) is 0 Å². The molecule has 4 nitrogen and oxygen atoms in total. The fraction of sp³-hybridized carbons (Fsp3) is 0.400. The number of benzene rings is 1. The van der Waals surface area contributed by atoms with Gasteiger partial charge in [-0.1, -0.05) is 42.5 Å². The summed E-state index contributed by atoms with van der Waals surface area (Å²) in [6.07, 6.45) is 4.36. The lowest BCUT2D eigenvalue weighted by molar-refractivity contribution is 0.633. The summed E-state index contributed by atoms with van der Waals surface area (Å²) in [7, 11) is 1.82. The van der Waals surface area contributed by atoms with Gasteiger partial charge in [-0.15, -0.1) is 0 Å². The molecular weight excluding hydrogens is 298 g/mol. The molecule has 0 amide bonds. The second-order valence-electron chi connectivity index (χ2n) is 6.92. The Morgan fingerprint density at radius 2 is 2.04 bits per heavy atom. The van der Waals surface area contributed by atoms with Gasteiger partial charge in [0.2, 0.25) is 0 Å². The van der Waals surface area contributed by atoms with Crippen molar-refractivity contribution >= 4 is 5.82 Å². The molecule has 0 saturated heterocycles. The van der Waals surface area contributed by atoms with Gasteiger partial charge in [-0.05, 0) is 31.2 Å². The van der Waals surface area contributed by atoms with Crippen LogP contribution in [-0.2, 0) is 13.6 Å². The van der Waals surface area contributed by atoms with Crippen LogP contribution >= 0.6 is 0 Å². The summed E-state index contributed by atoms with van der Waals surface area (Å²) in [6.45, 7) is 5.74. The maximum Gasteiger partial charge on any atom is 0.258 e. The minimum Gasteiger partial charge on any atom is -0.352 e. The maximum atomic E-state index is 12.9. The van der Waals surface area contributed by atoms with Gasteiger partial charge in [0.15, 0.2) is 0 Å². The number of aryl methyl sites for hydroxylation is 1. The molecule has 0 spiro atoms. The third-order valence-electron chi connectivity index (χ3n) is 5.45. The number of anilines is 1. The lowest BCUT2D eigenvalue weighted by Gasteiger charge is -2.30. The SMILES string of the molecule is C/C=C/[C@@H]1[C@@H]2CN(Cc3ccccc3)c3nc(C)n(C)c(=O)c3[C@H]12. The zero-order valence-corrected chi connectivity index (χ0v) is 14.4. The number of hydrogen-bond donors (Lipinski definition) is 0. The van der Waals surface area contributed by atoms with E-state index in [4.69, 9.17) is 4.98 Å². The number of aromatic nitrogens is 2. The summed E-state index contributed by atoms with van der Waals surface area (Å²) >= 11 is 0. The molecule has 4 rings (SSSR count). The molecular formula is C20H23N3O. The van der Waals surface area contributed by atoms with E-state index in [1.165, 1.54) is 5.56 Å². The average Bonchev–Trinajstić information content (AvgIpc) is 3.26. The van der Waals surface area contributed by atoms with Gasteiger partial charge >= 0.3 is 0 Å². The summed E-state index contributed by atoms with van der Waals surface area (Å²) in [5, 5.41) is 0. The van der Waals surface area contributed by atoms with E-state index in [0.717, 1.165) is 30.3 Å². The summed E-state index contributed by atoms with van der Waals surface area (Å²) in [6, 6.07) is 10.4. The smallest absolute Gasteiger partial charge is 0.258 e. The first kappa shape index (κ1) is 15.2. The van der Waals surface area contributed by atoms with Gasteiger partial charge in [0, 0.05) is 26.1 Å². The van der Waals surface area contributed by atoms with E-state index in [1.807, 2.05) is 20.0 Å². The van der Waals surface area contributed by atoms with Gasteiger partial charge in [0.05, 0.1) is 5.56 Å². The summed E-state index contributed by atoms with van der Waals surface area (Å²) < 4.78 is 1.69. The van der Waals surface area contributed by atoms with Crippen LogP contribution < -0.4 is 10.5 Å². The highest BCUT2D eigenvalue weighted by Crippen LogP contribution is 2.59. The van der Waals surface area contributed by atoms with E-state index in [1.54, 1.807) is 4.57 Å². The molecule has 0 bridgehead atoms. The lowest BCUT2D eigenvalue weighted by atomic mass is 10.1. The van der Waals surface area contributed by atoms with E-state index in [-0.39, 0.29) is 5.56 Å². The molecule has 2 aliphatic rings. The van der Waals surface area contributed by atoms with Crippen molar-refractivity contribution in [2.75, 3.05) is 11.4 Å². The van der Waals surface area contributed by atoms with Crippen LogP contribution in [0.15, 0.2) is 47.3 Å². The molecule has 1 aliphatic heterocycles. The molecule has 0 radical (unpaired) electrons.